The van der Waals surface area contributed by atoms with E-state index in [9.17, 15) is 5.11 Å². The normalized spacial score (nSPS) is 35.2. The summed E-state index contributed by atoms with van der Waals surface area (Å²) in [6.07, 6.45) is 9.49. The average Bonchev–Trinajstić information content (AvgIpc) is 3.01. The van der Waals surface area contributed by atoms with E-state index < -0.39 is 0 Å². The van der Waals surface area contributed by atoms with Gasteiger partial charge in [-0.05, 0) is 38.0 Å². The van der Waals surface area contributed by atoms with Gasteiger partial charge in [0.1, 0.15) is 5.82 Å². The highest BCUT2D eigenvalue weighted by molar-refractivity contribution is 5.09. The number of aromatic nitrogens is 2. The number of imidazole rings is 1. The van der Waals surface area contributed by atoms with Crippen LogP contribution < -0.4 is 0 Å². The Labute approximate surface area is 96.5 Å². The van der Waals surface area contributed by atoms with Gasteiger partial charge in [-0.3, -0.25) is 0 Å². The standard InChI is InChI=1S/C13H20N2O/c1-9-2-5-11(16)8-12(9)15-7-6-14-13(15)10-3-4-10/h6-7,9-12,16H,2-5,8H2,1H3. The predicted molar refractivity (Wildman–Crippen MR) is 62.3 cm³/mol. The van der Waals surface area contributed by atoms with Crippen LogP contribution in [0.25, 0.3) is 0 Å². The minimum Gasteiger partial charge on any atom is -0.393 e. The van der Waals surface area contributed by atoms with E-state index in [-0.39, 0.29) is 6.10 Å². The van der Waals surface area contributed by atoms with Crippen LogP contribution in [0.4, 0.5) is 0 Å². The number of hydrogen-bond donors (Lipinski definition) is 1. The fourth-order valence-electron chi connectivity index (χ4n) is 2.93. The smallest absolute Gasteiger partial charge is 0.112 e. The summed E-state index contributed by atoms with van der Waals surface area (Å²) in [6, 6.07) is 0.460. The van der Waals surface area contributed by atoms with Gasteiger partial charge in [0, 0.05) is 24.4 Å². The molecule has 1 aromatic heterocycles. The van der Waals surface area contributed by atoms with Crippen molar-refractivity contribution in [2.24, 2.45) is 5.92 Å². The van der Waals surface area contributed by atoms with E-state index in [4.69, 9.17) is 0 Å². The van der Waals surface area contributed by atoms with Gasteiger partial charge in [-0.1, -0.05) is 6.92 Å². The summed E-state index contributed by atoms with van der Waals surface area (Å²) in [5.41, 5.74) is 0. The molecule has 88 valence electrons. The third-order valence-electron chi connectivity index (χ3n) is 4.12. The van der Waals surface area contributed by atoms with Gasteiger partial charge in [0.2, 0.25) is 0 Å². The highest BCUT2D eigenvalue weighted by atomic mass is 16.3. The summed E-state index contributed by atoms with van der Waals surface area (Å²) in [5.74, 6) is 2.61. The first-order valence-corrected chi connectivity index (χ1v) is 6.46. The lowest BCUT2D eigenvalue weighted by Gasteiger charge is -2.33. The van der Waals surface area contributed by atoms with Gasteiger partial charge in [-0.25, -0.2) is 4.98 Å². The second kappa shape index (κ2) is 3.88. The van der Waals surface area contributed by atoms with E-state index in [1.165, 1.54) is 18.7 Å². The van der Waals surface area contributed by atoms with E-state index >= 15 is 0 Å². The minimum atomic E-state index is -0.115. The first kappa shape index (κ1) is 10.3. The van der Waals surface area contributed by atoms with Gasteiger partial charge in [0.15, 0.2) is 0 Å². The van der Waals surface area contributed by atoms with Crippen LogP contribution in [-0.4, -0.2) is 20.8 Å². The lowest BCUT2D eigenvalue weighted by atomic mass is 9.84. The van der Waals surface area contributed by atoms with E-state index in [0.717, 1.165) is 19.3 Å². The average molecular weight is 220 g/mol. The number of aliphatic hydroxyl groups is 1. The second-order valence-corrected chi connectivity index (χ2v) is 5.48. The molecule has 0 bridgehead atoms. The van der Waals surface area contributed by atoms with Gasteiger partial charge in [0.25, 0.3) is 0 Å². The lowest BCUT2D eigenvalue weighted by molar-refractivity contribution is 0.0769. The maximum absolute atomic E-state index is 9.81. The predicted octanol–water partition coefficient (Wildman–Crippen LogP) is 2.48. The maximum atomic E-state index is 9.81. The van der Waals surface area contributed by atoms with Crippen LogP contribution in [0.5, 0.6) is 0 Å². The fraction of sp³-hybridized carbons (Fsp3) is 0.769. The Morgan fingerprint density at radius 1 is 1.31 bits per heavy atom. The summed E-state index contributed by atoms with van der Waals surface area (Å²) in [7, 11) is 0. The first-order chi connectivity index (χ1) is 7.75. The van der Waals surface area contributed by atoms with Crippen molar-refractivity contribution in [1.82, 2.24) is 9.55 Å². The molecule has 1 N–H and O–H groups in total. The molecule has 3 nitrogen and oxygen atoms in total. The van der Waals surface area contributed by atoms with Crippen molar-refractivity contribution in [3.63, 3.8) is 0 Å². The molecule has 1 aromatic rings. The summed E-state index contributed by atoms with van der Waals surface area (Å²) in [5, 5.41) is 9.81. The van der Waals surface area contributed by atoms with E-state index in [1.54, 1.807) is 0 Å². The van der Waals surface area contributed by atoms with Gasteiger partial charge < -0.3 is 9.67 Å². The number of rotatable bonds is 2. The van der Waals surface area contributed by atoms with Gasteiger partial charge in [-0.2, -0.15) is 0 Å². The second-order valence-electron chi connectivity index (χ2n) is 5.48. The molecule has 2 aliphatic carbocycles. The lowest BCUT2D eigenvalue weighted by Crippen LogP contribution is -2.29. The molecule has 0 spiro atoms. The zero-order chi connectivity index (χ0) is 11.1. The minimum absolute atomic E-state index is 0.115. The zero-order valence-corrected chi connectivity index (χ0v) is 9.84. The first-order valence-electron chi connectivity index (χ1n) is 6.46. The van der Waals surface area contributed by atoms with Crippen LogP contribution >= 0.6 is 0 Å². The van der Waals surface area contributed by atoms with Gasteiger partial charge >= 0.3 is 0 Å². The van der Waals surface area contributed by atoms with E-state index in [2.05, 4.69) is 22.7 Å². The quantitative estimate of drug-likeness (QED) is 0.831. The Kier molecular flexibility index (Phi) is 2.51. The molecule has 2 fully saturated rings. The molecule has 3 unspecified atom stereocenters. The Morgan fingerprint density at radius 2 is 2.12 bits per heavy atom. The summed E-state index contributed by atoms with van der Waals surface area (Å²) in [4.78, 5) is 4.49. The van der Waals surface area contributed by atoms with Crippen LogP contribution in [0.2, 0.25) is 0 Å². The summed E-state index contributed by atoms with van der Waals surface area (Å²) >= 11 is 0. The molecule has 3 rings (SSSR count). The van der Waals surface area contributed by atoms with Crippen LogP contribution in [0.1, 0.15) is 56.8 Å². The largest absolute Gasteiger partial charge is 0.393 e. The monoisotopic (exact) mass is 220 g/mol. The molecule has 3 heteroatoms. The molecule has 0 aliphatic heterocycles. The highest BCUT2D eigenvalue weighted by Crippen LogP contribution is 2.42. The maximum Gasteiger partial charge on any atom is 0.112 e. The van der Waals surface area contributed by atoms with Crippen molar-refractivity contribution in [2.75, 3.05) is 0 Å². The molecule has 16 heavy (non-hydrogen) atoms. The third-order valence-corrected chi connectivity index (χ3v) is 4.12. The molecule has 1 heterocycles. The number of aliphatic hydroxyl groups excluding tert-OH is 1. The molecule has 0 saturated heterocycles. The molecular formula is C13H20N2O. The Balaban J connectivity index is 1.86. The van der Waals surface area contributed by atoms with Gasteiger partial charge in [0.05, 0.1) is 6.10 Å². The molecular weight excluding hydrogens is 200 g/mol. The molecule has 0 aromatic carbocycles. The van der Waals surface area contributed by atoms with Crippen molar-refractivity contribution < 1.29 is 5.11 Å². The van der Waals surface area contributed by atoms with Crippen molar-refractivity contribution in [3.05, 3.63) is 18.2 Å². The Bertz CT molecular complexity index is 370. The topological polar surface area (TPSA) is 38.0 Å². The fourth-order valence-corrected chi connectivity index (χ4v) is 2.93. The molecule has 2 saturated carbocycles. The van der Waals surface area contributed by atoms with Crippen molar-refractivity contribution in [2.45, 2.75) is 57.1 Å². The van der Waals surface area contributed by atoms with Crippen LogP contribution in [0.15, 0.2) is 12.4 Å². The molecule has 2 aliphatic rings. The Morgan fingerprint density at radius 3 is 2.88 bits per heavy atom. The Hall–Kier alpha value is -0.830. The van der Waals surface area contributed by atoms with Crippen LogP contribution in [0.3, 0.4) is 0 Å². The van der Waals surface area contributed by atoms with Crippen LogP contribution in [0, 0.1) is 5.92 Å². The van der Waals surface area contributed by atoms with E-state index in [1.807, 2.05) is 6.20 Å². The van der Waals surface area contributed by atoms with Crippen molar-refractivity contribution in [1.29, 1.82) is 0 Å². The van der Waals surface area contributed by atoms with Crippen molar-refractivity contribution >= 4 is 0 Å². The zero-order valence-electron chi connectivity index (χ0n) is 9.84. The number of hydrogen-bond acceptors (Lipinski definition) is 2. The third kappa shape index (κ3) is 1.77. The summed E-state index contributed by atoms with van der Waals surface area (Å²) < 4.78 is 2.34. The van der Waals surface area contributed by atoms with E-state index in [0.29, 0.717) is 17.9 Å². The van der Waals surface area contributed by atoms with Gasteiger partial charge in [-0.15, -0.1) is 0 Å². The number of nitrogens with zero attached hydrogens (tertiary/aromatic N) is 2. The molecule has 0 amide bonds. The van der Waals surface area contributed by atoms with Crippen molar-refractivity contribution in [3.8, 4) is 0 Å². The summed E-state index contributed by atoms with van der Waals surface area (Å²) in [6.45, 7) is 2.30. The van der Waals surface area contributed by atoms with Crippen LogP contribution in [-0.2, 0) is 0 Å². The molecule has 3 atom stereocenters. The molecule has 0 radical (unpaired) electrons. The highest BCUT2D eigenvalue weighted by Gasteiger charge is 2.33. The SMILES string of the molecule is CC1CCC(O)CC1n1ccnc1C1CC1.